The van der Waals surface area contributed by atoms with Crippen molar-refractivity contribution in [1.82, 2.24) is 4.57 Å². The third kappa shape index (κ3) is 10.4. The van der Waals surface area contributed by atoms with E-state index in [4.69, 9.17) is 0 Å². The molecule has 1 rings (SSSR count). The maximum absolute atomic E-state index is 2.55. The van der Waals surface area contributed by atoms with Crippen molar-refractivity contribution in [2.45, 2.75) is 137 Å². The van der Waals surface area contributed by atoms with Gasteiger partial charge in [-0.15, -0.1) is 0 Å². The summed E-state index contributed by atoms with van der Waals surface area (Å²) in [5, 5.41) is 0. The number of aryl methyl sites for hydroxylation is 2. The van der Waals surface area contributed by atoms with E-state index in [2.05, 4.69) is 42.3 Å². The molecular formula is C24H47N2+. The lowest BCUT2D eigenvalue weighted by atomic mass is 10.1. The Hall–Kier alpha value is -0.790. The standard InChI is InChI=1S/C24H47N2/c1-4-7-9-11-12-13-14-16-18-21-26-23-22-25(20-6-3)24(26)19-17-15-10-8-5-2/h22-23H,4-21H2,1-3H3/q+1. The van der Waals surface area contributed by atoms with Gasteiger partial charge < -0.3 is 0 Å². The van der Waals surface area contributed by atoms with E-state index in [0.717, 1.165) is 0 Å². The molecule has 0 aliphatic rings. The molecule has 0 aromatic carbocycles. The van der Waals surface area contributed by atoms with Crippen LogP contribution < -0.4 is 4.57 Å². The lowest BCUT2D eigenvalue weighted by Gasteiger charge is -2.06. The molecule has 0 atom stereocenters. The van der Waals surface area contributed by atoms with Crippen LogP contribution in [0.25, 0.3) is 0 Å². The maximum Gasteiger partial charge on any atom is 0.256 e. The van der Waals surface area contributed by atoms with Crippen molar-refractivity contribution in [2.75, 3.05) is 0 Å². The minimum Gasteiger partial charge on any atom is -0.234 e. The molecule has 0 unspecified atom stereocenters. The molecule has 152 valence electrons. The SMILES string of the molecule is CCCCCCCCCCCn1cc[n+](CCC)c1CCCCCCC. The van der Waals surface area contributed by atoms with Crippen molar-refractivity contribution in [3.8, 4) is 0 Å². The average Bonchev–Trinajstić information content (AvgIpc) is 3.02. The van der Waals surface area contributed by atoms with Gasteiger partial charge >= 0.3 is 0 Å². The van der Waals surface area contributed by atoms with Crippen molar-refractivity contribution >= 4 is 0 Å². The van der Waals surface area contributed by atoms with Gasteiger partial charge in [0.2, 0.25) is 0 Å². The summed E-state index contributed by atoms with van der Waals surface area (Å²) in [6, 6.07) is 0. The van der Waals surface area contributed by atoms with E-state index < -0.39 is 0 Å². The van der Waals surface area contributed by atoms with E-state index in [9.17, 15) is 0 Å². The number of hydrogen-bond donors (Lipinski definition) is 0. The molecule has 1 aromatic heterocycles. The summed E-state index contributed by atoms with van der Waals surface area (Å²) in [5.74, 6) is 1.57. The maximum atomic E-state index is 2.55. The number of aromatic nitrogens is 2. The van der Waals surface area contributed by atoms with Crippen molar-refractivity contribution < 1.29 is 4.57 Å². The van der Waals surface area contributed by atoms with Crippen molar-refractivity contribution in [3.63, 3.8) is 0 Å². The minimum absolute atomic E-state index is 1.18. The van der Waals surface area contributed by atoms with Gasteiger partial charge in [0.15, 0.2) is 0 Å². The van der Waals surface area contributed by atoms with Crippen LogP contribution in [0.4, 0.5) is 0 Å². The lowest BCUT2D eigenvalue weighted by Crippen LogP contribution is -2.37. The zero-order valence-corrected chi connectivity index (χ0v) is 18.3. The quantitative estimate of drug-likeness (QED) is 0.192. The smallest absolute Gasteiger partial charge is 0.234 e. The second-order valence-electron chi connectivity index (χ2n) is 8.09. The zero-order chi connectivity index (χ0) is 18.9. The first-order valence-corrected chi connectivity index (χ1v) is 11.9. The predicted octanol–water partition coefficient (Wildman–Crippen LogP) is 7.23. The van der Waals surface area contributed by atoms with E-state index in [1.54, 1.807) is 5.82 Å². The van der Waals surface area contributed by atoms with Crippen molar-refractivity contribution in [3.05, 3.63) is 18.2 Å². The number of rotatable bonds is 18. The summed E-state index contributed by atoms with van der Waals surface area (Å²) in [6.45, 7) is 9.28. The van der Waals surface area contributed by atoms with E-state index in [1.807, 2.05) is 0 Å². The second-order valence-corrected chi connectivity index (χ2v) is 8.09. The summed E-state index contributed by atoms with van der Waals surface area (Å²) in [7, 11) is 0. The van der Waals surface area contributed by atoms with Crippen molar-refractivity contribution in [1.29, 1.82) is 0 Å². The number of nitrogens with zero attached hydrogens (tertiary/aromatic N) is 2. The molecule has 0 bridgehead atoms. The lowest BCUT2D eigenvalue weighted by molar-refractivity contribution is -0.703. The van der Waals surface area contributed by atoms with Crippen molar-refractivity contribution in [2.24, 2.45) is 0 Å². The molecule has 0 N–H and O–H groups in total. The third-order valence-electron chi connectivity index (χ3n) is 5.56. The molecule has 1 aromatic rings. The number of hydrogen-bond acceptors (Lipinski definition) is 0. The van der Waals surface area contributed by atoms with E-state index >= 15 is 0 Å². The molecule has 2 heteroatoms. The number of imidazole rings is 1. The van der Waals surface area contributed by atoms with Crippen LogP contribution >= 0.6 is 0 Å². The Balaban J connectivity index is 2.26. The summed E-state index contributed by atoms with van der Waals surface area (Å²) in [5.41, 5.74) is 0. The second kappa shape index (κ2) is 16.4. The first-order chi connectivity index (χ1) is 12.8. The van der Waals surface area contributed by atoms with Crippen LogP contribution in [-0.2, 0) is 19.5 Å². The highest BCUT2D eigenvalue weighted by Gasteiger charge is 2.15. The molecule has 2 nitrogen and oxygen atoms in total. The fraction of sp³-hybridized carbons (Fsp3) is 0.875. The number of unbranched alkanes of at least 4 members (excludes halogenated alkanes) is 12. The van der Waals surface area contributed by atoms with Crippen LogP contribution in [0.2, 0.25) is 0 Å². The molecule has 0 spiro atoms. The zero-order valence-electron chi connectivity index (χ0n) is 18.3. The Morgan fingerprint density at radius 1 is 0.654 bits per heavy atom. The van der Waals surface area contributed by atoms with Crippen LogP contribution in [0.3, 0.4) is 0 Å². The summed E-state index contributed by atoms with van der Waals surface area (Å²) >= 11 is 0. The van der Waals surface area contributed by atoms with Crippen LogP contribution in [0.5, 0.6) is 0 Å². The van der Waals surface area contributed by atoms with Gasteiger partial charge in [-0.05, 0) is 25.7 Å². The highest BCUT2D eigenvalue weighted by atomic mass is 15.1. The molecule has 1 heterocycles. The molecule has 0 amide bonds. The monoisotopic (exact) mass is 363 g/mol. The van der Waals surface area contributed by atoms with E-state index in [0.29, 0.717) is 0 Å². The van der Waals surface area contributed by atoms with E-state index in [-0.39, 0.29) is 0 Å². The minimum atomic E-state index is 1.18. The van der Waals surface area contributed by atoms with Gasteiger partial charge in [-0.1, -0.05) is 91.4 Å². The van der Waals surface area contributed by atoms with Crippen LogP contribution in [0.1, 0.15) is 123 Å². The highest BCUT2D eigenvalue weighted by Crippen LogP contribution is 2.12. The van der Waals surface area contributed by atoms with Gasteiger partial charge in [0, 0.05) is 6.42 Å². The van der Waals surface area contributed by atoms with Gasteiger partial charge in [-0.3, -0.25) is 0 Å². The normalized spacial score (nSPS) is 11.3. The Morgan fingerprint density at radius 3 is 1.77 bits per heavy atom. The van der Waals surface area contributed by atoms with Gasteiger partial charge in [0.05, 0.1) is 13.1 Å². The van der Waals surface area contributed by atoms with Crippen LogP contribution in [-0.4, -0.2) is 4.57 Å². The Bertz CT molecular complexity index is 422. The topological polar surface area (TPSA) is 8.81 Å². The molecule has 0 saturated heterocycles. The van der Waals surface area contributed by atoms with Gasteiger partial charge in [-0.25, -0.2) is 9.13 Å². The Kier molecular flexibility index (Phi) is 14.7. The summed E-state index contributed by atoms with van der Waals surface area (Å²) in [4.78, 5) is 0. The molecule has 0 saturated carbocycles. The predicted molar refractivity (Wildman–Crippen MR) is 115 cm³/mol. The van der Waals surface area contributed by atoms with Gasteiger partial charge in [0.1, 0.15) is 12.4 Å². The average molecular weight is 364 g/mol. The summed E-state index contributed by atoms with van der Waals surface area (Å²) in [6.07, 6.45) is 26.8. The Morgan fingerprint density at radius 2 is 1.19 bits per heavy atom. The fourth-order valence-electron chi connectivity index (χ4n) is 3.91. The van der Waals surface area contributed by atoms with Crippen LogP contribution in [0, 0.1) is 0 Å². The van der Waals surface area contributed by atoms with Gasteiger partial charge in [0.25, 0.3) is 5.82 Å². The molecular weight excluding hydrogens is 316 g/mol. The molecule has 0 aliphatic carbocycles. The molecule has 0 fully saturated rings. The third-order valence-corrected chi connectivity index (χ3v) is 5.56. The van der Waals surface area contributed by atoms with Crippen LogP contribution in [0.15, 0.2) is 12.4 Å². The highest BCUT2D eigenvalue weighted by molar-refractivity contribution is 4.84. The summed E-state index contributed by atoms with van der Waals surface area (Å²) < 4.78 is 5.06. The van der Waals surface area contributed by atoms with E-state index in [1.165, 1.54) is 116 Å². The first-order valence-electron chi connectivity index (χ1n) is 11.9. The van der Waals surface area contributed by atoms with Gasteiger partial charge in [-0.2, -0.15) is 0 Å². The molecule has 26 heavy (non-hydrogen) atoms. The molecule has 0 aliphatic heterocycles. The largest absolute Gasteiger partial charge is 0.256 e. The first kappa shape index (κ1) is 23.2. The molecule has 0 radical (unpaired) electrons. The Labute approximate surface area is 164 Å². The fourth-order valence-corrected chi connectivity index (χ4v) is 3.91.